The van der Waals surface area contributed by atoms with Gasteiger partial charge in [-0.25, -0.2) is 13.4 Å². The summed E-state index contributed by atoms with van der Waals surface area (Å²) in [6.07, 6.45) is 4.00. The van der Waals surface area contributed by atoms with E-state index in [2.05, 4.69) is 10.3 Å². The van der Waals surface area contributed by atoms with E-state index < -0.39 is 15.9 Å². The second-order valence-corrected chi connectivity index (χ2v) is 8.69. The Bertz CT molecular complexity index is 991. The maximum Gasteiger partial charge on any atom is 0.250 e. The van der Waals surface area contributed by atoms with Crippen LogP contribution in [0, 0.1) is 0 Å². The van der Waals surface area contributed by atoms with E-state index in [-0.39, 0.29) is 27.0 Å². The van der Waals surface area contributed by atoms with E-state index in [0.717, 1.165) is 19.3 Å². The van der Waals surface area contributed by atoms with Gasteiger partial charge in [0, 0.05) is 25.0 Å². The molecule has 3 N–H and O–H groups in total. The summed E-state index contributed by atoms with van der Waals surface area (Å²) in [5.41, 5.74) is 5.86. The first-order valence-electron chi connectivity index (χ1n) is 8.73. The van der Waals surface area contributed by atoms with Crippen molar-refractivity contribution in [3.8, 4) is 5.75 Å². The molecule has 8 nitrogen and oxygen atoms in total. The zero-order chi connectivity index (χ0) is 20.3. The number of piperidine rings is 1. The number of pyridine rings is 1. The van der Waals surface area contributed by atoms with Crippen molar-refractivity contribution in [2.45, 2.75) is 24.2 Å². The Morgan fingerprint density at radius 1 is 1.25 bits per heavy atom. The minimum atomic E-state index is -3.69. The fraction of sp³-hybridized carbons (Fsp3) is 0.333. The number of sulfonamides is 1. The van der Waals surface area contributed by atoms with Crippen LogP contribution < -0.4 is 15.8 Å². The normalized spacial score (nSPS) is 15.2. The van der Waals surface area contributed by atoms with Crippen LogP contribution in [-0.4, -0.2) is 43.8 Å². The Hall–Kier alpha value is -2.36. The number of carbonyl (C=O) groups is 1. The Morgan fingerprint density at radius 3 is 2.57 bits per heavy atom. The monoisotopic (exact) mass is 424 g/mol. The van der Waals surface area contributed by atoms with Crippen LogP contribution in [0.4, 0.5) is 11.5 Å². The Labute approximate surface area is 168 Å². The third-order valence-electron chi connectivity index (χ3n) is 4.48. The number of hydrogen-bond acceptors (Lipinski definition) is 6. The van der Waals surface area contributed by atoms with Crippen LogP contribution in [0.15, 0.2) is 35.4 Å². The molecule has 0 radical (unpaired) electrons. The molecule has 1 aromatic carbocycles. The Morgan fingerprint density at radius 2 is 1.96 bits per heavy atom. The van der Waals surface area contributed by atoms with Crippen LogP contribution in [-0.2, 0) is 10.0 Å². The van der Waals surface area contributed by atoms with Gasteiger partial charge < -0.3 is 15.8 Å². The van der Waals surface area contributed by atoms with Crippen molar-refractivity contribution in [3.05, 3.63) is 41.0 Å². The van der Waals surface area contributed by atoms with Gasteiger partial charge in [-0.15, -0.1) is 0 Å². The highest BCUT2D eigenvalue weighted by Crippen LogP contribution is 2.33. The number of carbonyl (C=O) groups excluding carboxylic acids is 1. The molecule has 3 rings (SSSR count). The molecule has 1 aromatic heterocycles. The quantitative estimate of drug-likeness (QED) is 0.736. The first-order valence-corrected chi connectivity index (χ1v) is 10.6. The number of aromatic nitrogens is 1. The third-order valence-corrected chi connectivity index (χ3v) is 6.69. The van der Waals surface area contributed by atoms with Crippen molar-refractivity contribution >= 4 is 39.0 Å². The number of primary amides is 1. The molecule has 1 aliphatic heterocycles. The van der Waals surface area contributed by atoms with Crippen LogP contribution in [0.5, 0.6) is 5.75 Å². The molecular weight excluding hydrogens is 404 g/mol. The van der Waals surface area contributed by atoms with E-state index in [1.807, 2.05) is 0 Å². The highest BCUT2D eigenvalue weighted by atomic mass is 35.5. The van der Waals surface area contributed by atoms with Gasteiger partial charge in [0.2, 0.25) is 15.9 Å². The van der Waals surface area contributed by atoms with E-state index in [9.17, 15) is 13.2 Å². The zero-order valence-corrected chi connectivity index (χ0v) is 16.9. The molecule has 10 heteroatoms. The number of rotatable bonds is 6. The summed E-state index contributed by atoms with van der Waals surface area (Å²) in [5.74, 6) is -0.0993. The summed E-state index contributed by atoms with van der Waals surface area (Å²) in [4.78, 5) is 15.4. The first-order chi connectivity index (χ1) is 13.3. The lowest BCUT2D eigenvalue weighted by molar-refractivity contribution is 0.1000. The number of nitrogens with one attached hydrogen (secondary N) is 1. The Kier molecular flexibility index (Phi) is 6.07. The second kappa shape index (κ2) is 8.34. The first kappa shape index (κ1) is 20.4. The number of halogens is 1. The minimum Gasteiger partial charge on any atom is -0.495 e. The lowest BCUT2D eigenvalue weighted by Gasteiger charge is -2.26. The summed E-state index contributed by atoms with van der Waals surface area (Å²) < 4.78 is 32.9. The van der Waals surface area contributed by atoms with Gasteiger partial charge in [-0.1, -0.05) is 18.0 Å². The summed E-state index contributed by atoms with van der Waals surface area (Å²) >= 11 is 6.15. The summed E-state index contributed by atoms with van der Waals surface area (Å²) in [6.45, 7) is 0.982. The molecule has 0 atom stereocenters. The van der Waals surface area contributed by atoms with E-state index in [0.29, 0.717) is 18.8 Å². The highest BCUT2D eigenvalue weighted by Gasteiger charge is 2.29. The predicted molar refractivity (Wildman–Crippen MR) is 107 cm³/mol. The number of hydrogen-bond donors (Lipinski definition) is 2. The van der Waals surface area contributed by atoms with E-state index >= 15 is 0 Å². The van der Waals surface area contributed by atoms with Gasteiger partial charge in [0.25, 0.3) is 0 Å². The maximum atomic E-state index is 13.1. The topological polar surface area (TPSA) is 115 Å². The molecule has 1 aliphatic rings. The molecule has 2 aromatic rings. The standard InChI is InChI=1S/C18H21ClN4O4S/c1-27-15-6-5-13(22-18-14(19)9-12(11-21-18)17(20)24)10-16(15)28(25,26)23-7-3-2-4-8-23/h5-6,9-11H,2-4,7-8H2,1H3,(H2,20,24)(H,21,22). The number of nitrogens with two attached hydrogens (primary N) is 1. The lowest BCUT2D eigenvalue weighted by Crippen LogP contribution is -2.35. The van der Waals surface area contributed by atoms with E-state index in [1.165, 1.54) is 29.7 Å². The molecule has 0 unspecified atom stereocenters. The highest BCUT2D eigenvalue weighted by molar-refractivity contribution is 7.89. The number of ether oxygens (including phenoxy) is 1. The van der Waals surface area contributed by atoms with Crippen molar-refractivity contribution in [2.24, 2.45) is 5.73 Å². The second-order valence-electron chi connectivity index (χ2n) is 6.37. The molecule has 1 fully saturated rings. The molecule has 0 bridgehead atoms. The Balaban J connectivity index is 1.94. The number of nitrogens with zero attached hydrogens (tertiary/aromatic N) is 2. The molecular formula is C18H21ClN4O4S. The van der Waals surface area contributed by atoms with Gasteiger partial charge in [-0.2, -0.15) is 4.31 Å². The summed E-state index contributed by atoms with van der Waals surface area (Å²) in [5, 5.41) is 3.16. The van der Waals surface area contributed by atoms with Gasteiger partial charge in [-0.05, 0) is 37.1 Å². The van der Waals surface area contributed by atoms with Crippen LogP contribution in [0.3, 0.4) is 0 Å². The molecule has 0 aliphatic carbocycles. The molecule has 0 spiro atoms. The lowest BCUT2D eigenvalue weighted by atomic mass is 10.2. The third kappa shape index (κ3) is 4.21. The minimum absolute atomic E-state index is 0.0757. The van der Waals surface area contributed by atoms with Crippen molar-refractivity contribution in [1.82, 2.24) is 9.29 Å². The largest absolute Gasteiger partial charge is 0.495 e. The molecule has 2 heterocycles. The number of amides is 1. The van der Waals surface area contributed by atoms with Crippen LogP contribution in [0.25, 0.3) is 0 Å². The summed E-state index contributed by atoms with van der Waals surface area (Å²) in [7, 11) is -2.26. The molecule has 1 saturated heterocycles. The average Bonchev–Trinajstić information content (AvgIpc) is 2.70. The fourth-order valence-electron chi connectivity index (χ4n) is 3.00. The van der Waals surface area contributed by atoms with Gasteiger partial charge in [0.05, 0.1) is 17.7 Å². The van der Waals surface area contributed by atoms with Crippen molar-refractivity contribution in [1.29, 1.82) is 0 Å². The van der Waals surface area contributed by atoms with Gasteiger partial charge in [0.15, 0.2) is 0 Å². The van der Waals surface area contributed by atoms with Crippen LogP contribution >= 0.6 is 11.6 Å². The van der Waals surface area contributed by atoms with Crippen LogP contribution in [0.2, 0.25) is 5.02 Å². The zero-order valence-electron chi connectivity index (χ0n) is 15.3. The van der Waals surface area contributed by atoms with Gasteiger partial charge in [0.1, 0.15) is 16.5 Å². The molecule has 28 heavy (non-hydrogen) atoms. The van der Waals surface area contributed by atoms with Crippen molar-refractivity contribution < 1.29 is 17.9 Å². The smallest absolute Gasteiger partial charge is 0.250 e. The van der Waals surface area contributed by atoms with Crippen molar-refractivity contribution in [2.75, 3.05) is 25.5 Å². The number of benzene rings is 1. The van der Waals surface area contributed by atoms with Crippen LogP contribution in [0.1, 0.15) is 29.6 Å². The van der Waals surface area contributed by atoms with Gasteiger partial charge in [-0.3, -0.25) is 4.79 Å². The maximum absolute atomic E-state index is 13.1. The van der Waals surface area contributed by atoms with E-state index in [4.69, 9.17) is 22.1 Å². The predicted octanol–water partition coefficient (Wildman–Crippen LogP) is 2.76. The molecule has 150 valence electrons. The fourth-order valence-corrected chi connectivity index (χ4v) is 4.91. The average molecular weight is 425 g/mol. The van der Waals surface area contributed by atoms with Crippen molar-refractivity contribution in [3.63, 3.8) is 0 Å². The molecule has 1 amide bonds. The van der Waals surface area contributed by atoms with E-state index in [1.54, 1.807) is 12.1 Å². The number of anilines is 2. The number of methoxy groups -OCH3 is 1. The molecule has 0 saturated carbocycles. The van der Waals surface area contributed by atoms with Gasteiger partial charge >= 0.3 is 0 Å². The SMILES string of the molecule is COc1ccc(Nc2ncc(C(N)=O)cc2Cl)cc1S(=O)(=O)N1CCCCC1. The summed E-state index contributed by atoms with van der Waals surface area (Å²) in [6, 6.07) is 6.12.